The van der Waals surface area contributed by atoms with Crippen LogP contribution >= 0.6 is 0 Å². The summed E-state index contributed by atoms with van der Waals surface area (Å²) >= 11 is 0. The van der Waals surface area contributed by atoms with Crippen LogP contribution in [-0.2, 0) is 20.9 Å². The van der Waals surface area contributed by atoms with Gasteiger partial charge in [0.15, 0.2) is 0 Å². The fourth-order valence-electron chi connectivity index (χ4n) is 3.87. The second kappa shape index (κ2) is 9.62. The fourth-order valence-corrected chi connectivity index (χ4v) is 3.87. The van der Waals surface area contributed by atoms with E-state index in [1.165, 1.54) is 0 Å². The van der Waals surface area contributed by atoms with Gasteiger partial charge in [-0.3, -0.25) is 19.8 Å². The summed E-state index contributed by atoms with van der Waals surface area (Å²) in [6.07, 6.45) is 5.90. The predicted molar refractivity (Wildman–Crippen MR) is 108 cm³/mol. The minimum atomic E-state index is -1.17. The first-order valence-electron chi connectivity index (χ1n) is 9.86. The van der Waals surface area contributed by atoms with E-state index in [9.17, 15) is 14.8 Å². The molecule has 1 aliphatic carbocycles. The second-order valence-electron chi connectivity index (χ2n) is 7.60. The molecule has 7 heteroatoms. The van der Waals surface area contributed by atoms with Crippen LogP contribution in [0, 0.1) is 11.8 Å². The molecule has 0 saturated heterocycles. The van der Waals surface area contributed by atoms with Crippen molar-refractivity contribution in [3.8, 4) is 0 Å². The van der Waals surface area contributed by atoms with E-state index in [1.54, 1.807) is 36.9 Å². The number of pyridine rings is 1. The number of carbonyl (C=O) groups is 2. The molecule has 1 fully saturated rings. The van der Waals surface area contributed by atoms with Crippen LogP contribution in [0.5, 0.6) is 0 Å². The number of nitrogens with zero attached hydrogens (tertiary/aromatic N) is 1. The third kappa shape index (κ3) is 5.19. The van der Waals surface area contributed by atoms with Gasteiger partial charge in [-0.15, -0.1) is 0 Å². The molecule has 7 nitrogen and oxygen atoms in total. The van der Waals surface area contributed by atoms with Gasteiger partial charge in [0.25, 0.3) is 5.91 Å². The molecule has 1 unspecified atom stereocenters. The van der Waals surface area contributed by atoms with Gasteiger partial charge in [-0.25, -0.2) is 5.48 Å². The third-order valence-corrected chi connectivity index (χ3v) is 5.76. The van der Waals surface area contributed by atoms with Crippen molar-refractivity contribution in [1.29, 1.82) is 0 Å². The van der Waals surface area contributed by atoms with E-state index in [0.29, 0.717) is 25.7 Å². The van der Waals surface area contributed by atoms with Crippen LogP contribution in [0.25, 0.3) is 0 Å². The summed E-state index contributed by atoms with van der Waals surface area (Å²) in [6, 6.07) is 13.1. The van der Waals surface area contributed by atoms with Crippen LogP contribution in [0.4, 0.5) is 5.69 Å². The smallest absolute Gasteiger partial charge is 0.275 e. The third-order valence-electron chi connectivity index (χ3n) is 5.76. The zero-order chi connectivity index (χ0) is 20.7. The molecule has 1 saturated carbocycles. The highest BCUT2D eigenvalue weighted by atomic mass is 16.5. The Hall–Kier alpha value is -2.77. The first-order valence-corrected chi connectivity index (χ1v) is 9.86. The van der Waals surface area contributed by atoms with Crippen LogP contribution in [0.2, 0.25) is 0 Å². The molecule has 1 atom stereocenters. The lowest BCUT2D eigenvalue weighted by Gasteiger charge is -2.39. The number of nitrogens with one attached hydrogen (secondary N) is 2. The Balaban J connectivity index is 1.60. The molecule has 0 bridgehead atoms. The molecule has 2 aromatic rings. The van der Waals surface area contributed by atoms with Crippen LogP contribution in [0.3, 0.4) is 0 Å². The van der Waals surface area contributed by atoms with E-state index in [0.717, 1.165) is 11.3 Å². The monoisotopic (exact) mass is 397 g/mol. The van der Waals surface area contributed by atoms with Gasteiger partial charge in [0, 0.05) is 24.0 Å². The quantitative estimate of drug-likeness (QED) is 0.492. The number of aromatic nitrogens is 1. The molecule has 0 aliphatic heterocycles. The topological polar surface area (TPSA) is 101 Å². The minimum Gasteiger partial charge on any atom is -0.360 e. The van der Waals surface area contributed by atoms with Gasteiger partial charge in [-0.1, -0.05) is 30.3 Å². The van der Waals surface area contributed by atoms with Crippen molar-refractivity contribution in [3.63, 3.8) is 0 Å². The molecule has 29 heavy (non-hydrogen) atoms. The number of rotatable bonds is 7. The molecule has 3 N–H and O–H groups in total. The lowest BCUT2D eigenvalue weighted by atomic mass is 9.73. The Morgan fingerprint density at radius 3 is 2.38 bits per heavy atom. The zero-order valence-electron chi connectivity index (χ0n) is 16.5. The lowest BCUT2D eigenvalue weighted by molar-refractivity contribution is -0.166. The summed E-state index contributed by atoms with van der Waals surface area (Å²) in [4.78, 5) is 28.9. The Morgan fingerprint density at radius 1 is 1.10 bits per heavy atom. The molecule has 1 aromatic carbocycles. The van der Waals surface area contributed by atoms with Gasteiger partial charge >= 0.3 is 0 Å². The number of hydroxylamine groups is 1. The molecule has 1 heterocycles. The normalized spacial score (nSPS) is 21.0. The maximum Gasteiger partial charge on any atom is 0.275 e. The standard InChI is InChI=1S/C22H27N3O4/c1-22(21(27)25-28,29-15-16-5-3-2-4-6-16)18-9-7-17(8-10-18)20(26)24-19-11-13-23-14-12-19/h2-6,11-14,17-18,28H,7-10,15H2,1H3,(H,25,27)(H,23,24,26). The van der Waals surface area contributed by atoms with Crippen molar-refractivity contribution >= 4 is 17.5 Å². The minimum absolute atomic E-state index is 0.0202. The summed E-state index contributed by atoms with van der Waals surface area (Å²) in [6.45, 7) is 1.98. The molecule has 0 radical (unpaired) electrons. The molecule has 3 rings (SSSR count). The maximum absolute atomic E-state index is 12.5. The highest BCUT2D eigenvalue weighted by Gasteiger charge is 2.44. The van der Waals surface area contributed by atoms with Gasteiger partial charge in [-0.05, 0) is 56.2 Å². The molecular weight excluding hydrogens is 370 g/mol. The van der Waals surface area contributed by atoms with Crippen molar-refractivity contribution in [2.75, 3.05) is 5.32 Å². The average molecular weight is 397 g/mol. The molecule has 1 aliphatic rings. The van der Waals surface area contributed by atoms with E-state index >= 15 is 0 Å². The number of hydrogen-bond acceptors (Lipinski definition) is 5. The molecule has 1 aromatic heterocycles. The van der Waals surface area contributed by atoms with E-state index in [4.69, 9.17) is 4.74 Å². The zero-order valence-corrected chi connectivity index (χ0v) is 16.5. The second-order valence-corrected chi connectivity index (χ2v) is 7.60. The Morgan fingerprint density at radius 2 is 1.76 bits per heavy atom. The number of anilines is 1. The highest BCUT2D eigenvalue weighted by Crippen LogP contribution is 2.38. The Labute approximate surface area is 170 Å². The highest BCUT2D eigenvalue weighted by molar-refractivity contribution is 5.92. The molecule has 2 amide bonds. The van der Waals surface area contributed by atoms with Crippen molar-refractivity contribution in [3.05, 3.63) is 60.4 Å². The number of carbonyl (C=O) groups excluding carboxylic acids is 2. The van der Waals surface area contributed by atoms with Crippen LogP contribution in [0.1, 0.15) is 38.2 Å². The summed E-state index contributed by atoms with van der Waals surface area (Å²) in [5.41, 5.74) is 2.27. The first-order chi connectivity index (χ1) is 14.0. The SMILES string of the molecule is CC(OCc1ccccc1)(C(=O)NO)C1CCC(C(=O)Nc2ccncc2)CC1. The van der Waals surface area contributed by atoms with Crippen molar-refractivity contribution in [2.45, 2.75) is 44.8 Å². The van der Waals surface area contributed by atoms with Gasteiger partial charge < -0.3 is 10.1 Å². The summed E-state index contributed by atoms with van der Waals surface area (Å²) < 4.78 is 6.02. The summed E-state index contributed by atoms with van der Waals surface area (Å²) in [7, 11) is 0. The van der Waals surface area contributed by atoms with Crippen LogP contribution < -0.4 is 10.8 Å². The summed E-state index contributed by atoms with van der Waals surface area (Å²) in [5.74, 6) is -0.787. The molecule has 0 spiro atoms. The van der Waals surface area contributed by atoms with Crippen molar-refractivity contribution in [1.82, 2.24) is 10.5 Å². The van der Waals surface area contributed by atoms with E-state index < -0.39 is 11.5 Å². The van der Waals surface area contributed by atoms with E-state index in [-0.39, 0.29) is 24.3 Å². The molecule has 154 valence electrons. The number of hydrogen-bond donors (Lipinski definition) is 3. The van der Waals surface area contributed by atoms with Gasteiger partial charge in [-0.2, -0.15) is 0 Å². The van der Waals surface area contributed by atoms with Crippen LogP contribution in [0.15, 0.2) is 54.9 Å². The molecular formula is C22H27N3O4. The Bertz CT molecular complexity index is 807. The number of ether oxygens (including phenoxy) is 1. The maximum atomic E-state index is 12.5. The average Bonchev–Trinajstić information content (AvgIpc) is 2.78. The van der Waals surface area contributed by atoms with Crippen LogP contribution in [-0.4, -0.2) is 27.6 Å². The van der Waals surface area contributed by atoms with Gasteiger partial charge in [0.2, 0.25) is 5.91 Å². The van der Waals surface area contributed by atoms with E-state index in [2.05, 4.69) is 10.3 Å². The Kier molecular flexibility index (Phi) is 6.95. The number of benzene rings is 1. The van der Waals surface area contributed by atoms with Gasteiger partial charge in [0.05, 0.1) is 6.61 Å². The predicted octanol–water partition coefficient (Wildman–Crippen LogP) is 3.31. The van der Waals surface area contributed by atoms with Crippen molar-refractivity contribution < 1.29 is 19.5 Å². The van der Waals surface area contributed by atoms with E-state index in [1.807, 2.05) is 30.3 Å². The first kappa shape index (κ1) is 21.0. The van der Waals surface area contributed by atoms with Gasteiger partial charge in [0.1, 0.15) is 5.60 Å². The largest absolute Gasteiger partial charge is 0.360 e. The summed E-state index contributed by atoms with van der Waals surface area (Å²) in [5, 5.41) is 12.2. The number of amides is 2. The van der Waals surface area contributed by atoms with Crippen molar-refractivity contribution in [2.24, 2.45) is 11.8 Å². The fraction of sp³-hybridized carbons (Fsp3) is 0.409. The lowest BCUT2D eigenvalue weighted by Crippen LogP contribution is -2.52.